The normalized spacial score (nSPS) is 11.4. The van der Waals surface area contributed by atoms with E-state index in [9.17, 15) is 9.59 Å². The van der Waals surface area contributed by atoms with Crippen LogP contribution in [0.4, 0.5) is 0 Å². The Morgan fingerprint density at radius 2 is 1.74 bits per heavy atom. The van der Waals surface area contributed by atoms with Crippen molar-refractivity contribution < 1.29 is 4.42 Å². The third-order valence-electron chi connectivity index (χ3n) is 4.89. The second-order valence-corrected chi connectivity index (χ2v) is 7.77. The Kier molecular flexibility index (Phi) is 4.36. The van der Waals surface area contributed by atoms with Crippen LogP contribution in [0.1, 0.15) is 28.0 Å². The molecule has 0 aliphatic carbocycles. The van der Waals surface area contributed by atoms with E-state index in [1.54, 1.807) is 23.0 Å². The monoisotopic (exact) mass is 380 g/mol. The van der Waals surface area contributed by atoms with E-state index in [-0.39, 0.29) is 17.8 Å². The van der Waals surface area contributed by atoms with E-state index in [0.717, 1.165) is 16.7 Å². The second kappa shape index (κ2) is 6.70. The van der Waals surface area contributed by atoms with Crippen molar-refractivity contribution in [2.45, 2.75) is 33.9 Å². The topological polar surface area (TPSA) is 57.1 Å². The maximum atomic E-state index is 13.2. The van der Waals surface area contributed by atoms with E-state index in [1.165, 1.54) is 21.5 Å². The molecule has 0 saturated carbocycles. The summed E-state index contributed by atoms with van der Waals surface area (Å²) in [5.41, 5.74) is 4.70. The molecule has 0 saturated heterocycles. The molecule has 0 amide bonds. The molecule has 3 aromatic heterocycles. The highest BCUT2D eigenvalue weighted by Gasteiger charge is 2.17. The fraction of sp³-hybridized carbons (Fsp3) is 0.238. The molecular formula is C21H20N2O3S. The van der Waals surface area contributed by atoms with Crippen LogP contribution >= 0.6 is 11.3 Å². The maximum Gasteiger partial charge on any atom is 0.332 e. The van der Waals surface area contributed by atoms with E-state index in [2.05, 4.69) is 32.9 Å². The number of nitrogens with zero attached hydrogens (tertiary/aromatic N) is 2. The van der Waals surface area contributed by atoms with Crippen LogP contribution in [0.2, 0.25) is 0 Å². The largest absolute Gasteiger partial charge is 0.467 e. The zero-order valence-electron chi connectivity index (χ0n) is 15.5. The highest BCUT2D eigenvalue weighted by Crippen LogP contribution is 2.21. The Hall–Kier alpha value is -2.86. The molecule has 0 aliphatic rings. The number of hydrogen-bond donors (Lipinski definition) is 0. The van der Waals surface area contributed by atoms with E-state index in [0.29, 0.717) is 22.5 Å². The first-order chi connectivity index (χ1) is 13.0. The van der Waals surface area contributed by atoms with Crippen LogP contribution < -0.4 is 11.2 Å². The van der Waals surface area contributed by atoms with Gasteiger partial charge in [-0.15, -0.1) is 11.3 Å². The highest BCUT2D eigenvalue weighted by molar-refractivity contribution is 7.17. The fourth-order valence-electron chi connectivity index (χ4n) is 3.60. The molecule has 6 heteroatoms. The molecule has 0 N–H and O–H groups in total. The lowest BCUT2D eigenvalue weighted by Gasteiger charge is -2.15. The van der Waals surface area contributed by atoms with Crippen molar-refractivity contribution >= 4 is 21.6 Å². The predicted molar refractivity (Wildman–Crippen MR) is 108 cm³/mol. The standard InChI is InChI=1S/C21H20N2O3S/c1-13-9-14(2)17(15(3)10-13)12-22-18-6-8-27-19(18)20(24)23(21(22)25)11-16-5-4-7-26-16/h4-10H,11-12H2,1-3H3. The fourth-order valence-corrected chi connectivity index (χ4v) is 4.44. The van der Waals surface area contributed by atoms with Gasteiger partial charge in [-0.25, -0.2) is 4.79 Å². The van der Waals surface area contributed by atoms with Crippen LogP contribution in [0.15, 0.2) is 56.0 Å². The predicted octanol–water partition coefficient (Wildman–Crippen LogP) is 3.84. The van der Waals surface area contributed by atoms with Crippen LogP contribution in [0, 0.1) is 20.8 Å². The molecule has 0 aliphatic heterocycles. The third kappa shape index (κ3) is 3.06. The number of aryl methyl sites for hydroxylation is 3. The van der Waals surface area contributed by atoms with Gasteiger partial charge in [-0.05, 0) is 61.0 Å². The van der Waals surface area contributed by atoms with Crippen molar-refractivity contribution in [1.29, 1.82) is 0 Å². The summed E-state index contributed by atoms with van der Waals surface area (Å²) in [6.07, 6.45) is 1.54. The van der Waals surface area contributed by atoms with Crippen molar-refractivity contribution in [3.05, 3.63) is 90.8 Å². The van der Waals surface area contributed by atoms with E-state index in [4.69, 9.17) is 4.42 Å². The third-order valence-corrected chi connectivity index (χ3v) is 5.78. The molecule has 138 valence electrons. The van der Waals surface area contributed by atoms with Crippen molar-refractivity contribution in [3.8, 4) is 0 Å². The van der Waals surface area contributed by atoms with Crippen LogP contribution in [-0.2, 0) is 13.1 Å². The SMILES string of the molecule is Cc1cc(C)c(Cn2c(=O)n(Cc3ccco3)c(=O)c3sccc32)c(C)c1. The smallest absolute Gasteiger partial charge is 0.332 e. The van der Waals surface area contributed by atoms with Crippen LogP contribution in [0.25, 0.3) is 10.2 Å². The molecule has 4 rings (SSSR count). The molecule has 27 heavy (non-hydrogen) atoms. The number of furan rings is 1. The molecule has 0 unspecified atom stereocenters. The summed E-state index contributed by atoms with van der Waals surface area (Å²) in [4.78, 5) is 26.0. The summed E-state index contributed by atoms with van der Waals surface area (Å²) in [5.74, 6) is 0.583. The Morgan fingerprint density at radius 3 is 2.41 bits per heavy atom. The number of benzene rings is 1. The first-order valence-corrected chi connectivity index (χ1v) is 9.63. The molecule has 0 spiro atoms. The minimum atomic E-state index is -0.318. The van der Waals surface area contributed by atoms with E-state index < -0.39 is 0 Å². The Labute approximate surface area is 160 Å². The second-order valence-electron chi connectivity index (χ2n) is 6.85. The van der Waals surface area contributed by atoms with Gasteiger partial charge in [-0.1, -0.05) is 17.7 Å². The number of fused-ring (bicyclic) bond motifs is 1. The Bertz CT molecular complexity index is 1220. The van der Waals surface area contributed by atoms with E-state index in [1.807, 2.05) is 11.4 Å². The zero-order valence-corrected chi connectivity index (χ0v) is 16.3. The van der Waals surface area contributed by atoms with Gasteiger partial charge < -0.3 is 4.42 Å². The highest BCUT2D eigenvalue weighted by atomic mass is 32.1. The van der Waals surface area contributed by atoms with Gasteiger partial charge in [0, 0.05) is 0 Å². The Morgan fingerprint density at radius 1 is 1.00 bits per heavy atom. The van der Waals surface area contributed by atoms with Gasteiger partial charge >= 0.3 is 5.69 Å². The summed E-state index contributed by atoms with van der Waals surface area (Å²) in [7, 11) is 0. The molecule has 5 nitrogen and oxygen atoms in total. The minimum Gasteiger partial charge on any atom is -0.467 e. The number of thiophene rings is 1. The molecule has 0 radical (unpaired) electrons. The van der Waals surface area contributed by atoms with Gasteiger partial charge in [0.05, 0.1) is 24.9 Å². The molecule has 0 atom stereocenters. The first-order valence-electron chi connectivity index (χ1n) is 8.75. The van der Waals surface area contributed by atoms with Crippen LogP contribution in [-0.4, -0.2) is 9.13 Å². The molecule has 0 fully saturated rings. The summed E-state index contributed by atoms with van der Waals surface area (Å²) < 4.78 is 8.89. The quantitative estimate of drug-likeness (QED) is 0.540. The number of rotatable bonds is 4. The lowest BCUT2D eigenvalue weighted by Crippen LogP contribution is -2.40. The number of hydrogen-bond acceptors (Lipinski definition) is 4. The Balaban J connectivity index is 1.92. The molecule has 0 bridgehead atoms. The van der Waals surface area contributed by atoms with Gasteiger partial charge in [0.15, 0.2) is 0 Å². The number of aromatic nitrogens is 2. The van der Waals surface area contributed by atoms with Crippen molar-refractivity contribution in [3.63, 3.8) is 0 Å². The van der Waals surface area contributed by atoms with Gasteiger partial charge in [-0.3, -0.25) is 13.9 Å². The van der Waals surface area contributed by atoms with Crippen molar-refractivity contribution in [2.24, 2.45) is 0 Å². The van der Waals surface area contributed by atoms with E-state index >= 15 is 0 Å². The summed E-state index contributed by atoms with van der Waals surface area (Å²) in [5, 5.41) is 1.86. The summed E-state index contributed by atoms with van der Waals surface area (Å²) >= 11 is 1.36. The first kappa shape index (κ1) is 17.5. The molecule has 1 aromatic carbocycles. The minimum absolute atomic E-state index is 0.129. The van der Waals surface area contributed by atoms with Crippen molar-refractivity contribution in [2.75, 3.05) is 0 Å². The van der Waals surface area contributed by atoms with Crippen molar-refractivity contribution in [1.82, 2.24) is 9.13 Å². The molecule has 3 heterocycles. The average molecular weight is 380 g/mol. The zero-order chi connectivity index (χ0) is 19.1. The van der Waals surface area contributed by atoms with Gasteiger partial charge in [0.2, 0.25) is 0 Å². The maximum absolute atomic E-state index is 13.2. The van der Waals surface area contributed by atoms with Crippen LogP contribution in [0.5, 0.6) is 0 Å². The molecular weight excluding hydrogens is 360 g/mol. The summed E-state index contributed by atoms with van der Waals surface area (Å²) in [6.45, 7) is 6.75. The van der Waals surface area contributed by atoms with Gasteiger partial charge in [0.25, 0.3) is 5.56 Å². The van der Waals surface area contributed by atoms with Gasteiger partial charge in [0.1, 0.15) is 10.5 Å². The average Bonchev–Trinajstić information content (AvgIpc) is 3.29. The summed E-state index contributed by atoms with van der Waals surface area (Å²) in [6, 6.07) is 9.61. The lowest BCUT2D eigenvalue weighted by atomic mass is 10.00. The van der Waals surface area contributed by atoms with Gasteiger partial charge in [-0.2, -0.15) is 0 Å². The molecule has 4 aromatic rings. The van der Waals surface area contributed by atoms with Crippen LogP contribution in [0.3, 0.4) is 0 Å². The lowest BCUT2D eigenvalue weighted by molar-refractivity contribution is 0.479.